The first-order valence-corrected chi connectivity index (χ1v) is 4.24. The molecule has 0 saturated heterocycles. The van der Waals surface area contributed by atoms with Crippen molar-refractivity contribution in [2.75, 3.05) is 0 Å². The third-order valence-electron chi connectivity index (χ3n) is 1.95. The van der Waals surface area contributed by atoms with Crippen LogP contribution in [0.4, 0.5) is 0 Å². The lowest BCUT2D eigenvalue weighted by atomic mass is 10.2. The summed E-state index contributed by atoms with van der Waals surface area (Å²) in [5, 5.41) is 0. The minimum atomic E-state index is 1.02. The monoisotopic (exact) mass is 161 g/mol. The van der Waals surface area contributed by atoms with Gasteiger partial charge in [0.1, 0.15) is 0 Å². The second kappa shape index (κ2) is 3.96. The molecule has 0 aliphatic rings. The van der Waals surface area contributed by atoms with E-state index < -0.39 is 0 Å². The maximum absolute atomic E-state index is 3.65. The van der Waals surface area contributed by atoms with E-state index in [-0.39, 0.29) is 0 Å². The van der Waals surface area contributed by atoms with Crippen LogP contribution < -0.4 is 0 Å². The van der Waals surface area contributed by atoms with Crippen LogP contribution in [0.1, 0.15) is 18.2 Å². The molecular weight excluding hydrogens is 146 g/mol. The van der Waals surface area contributed by atoms with Crippen molar-refractivity contribution in [3.8, 4) is 0 Å². The molecule has 0 aliphatic carbocycles. The number of rotatable bonds is 3. The fraction of sp³-hybridized carbons (Fsp3) is 0.273. The third-order valence-corrected chi connectivity index (χ3v) is 1.95. The summed E-state index contributed by atoms with van der Waals surface area (Å²) >= 11 is 0. The molecule has 0 fully saturated rings. The maximum Gasteiger partial charge on any atom is 0.0436 e. The minimum absolute atomic E-state index is 1.02. The summed E-state index contributed by atoms with van der Waals surface area (Å²) in [5.41, 5.74) is 2.59. The first-order valence-electron chi connectivity index (χ1n) is 4.24. The van der Waals surface area contributed by atoms with Crippen LogP contribution >= 0.6 is 0 Å². The lowest BCUT2D eigenvalue weighted by Crippen LogP contribution is -1.94. The van der Waals surface area contributed by atoms with Gasteiger partial charge < -0.3 is 4.57 Å². The predicted molar refractivity (Wildman–Crippen MR) is 54.1 cm³/mol. The Hall–Kier alpha value is -1.24. The molecule has 1 aromatic heterocycles. The van der Waals surface area contributed by atoms with Gasteiger partial charge in [0.2, 0.25) is 0 Å². The molecule has 0 saturated carbocycles. The fourth-order valence-electron chi connectivity index (χ4n) is 1.26. The van der Waals surface area contributed by atoms with E-state index in [1.165, 1.54) is 11.3 Å². The molecule has 0 N–H and O–H groups in total. The summed E-state index contributed by atoms with van der Waals surface area (Å²) < 4.78 is 2.22. The van der Waals surface area contributed by atoms with Gasteiger partial charge in [0.15, 0.2) is 0 Å². The smallest absolute Gasteiger partial charge is 0.0436 e. The second-order valence-electron chi connectivity index (χ2n) is 2.76. The van der Waals surface area contributed by atoms with E-state index in [9.17, 15) is 0 Å². The van der Waals surface area contributed by atoms with Crippen molar-refractivity contribution >= 4 is 6.08 Å². The Morgan fingerprint density at radius 1 is 1.58 bits per heavy atom. The van der Waals surface area contributed by atoms with Crippen LogP contribution in [0.15, 0.2) is 31.0 Å². The number of aryl methyl sites for hydroxylation is 2. The number of nitrogens with zero attached hydrogens (tertiary/aromatic N) is 1. The van der Waals surface area contributed by atoms with Gasteiger partial charge in [0, 0.05) is 18.4 Å². The van der Waals surface area contributed by atoms with Gasteiger partial charge >= 0.3 is 0 Å². The van der Waals surface area contributed by atoms with Gasteiger partial charge in [0.25, 0.3) is 0 Å². The van der Waals surface area contributed by atoms with Gasteiger partial charge in [-0.2, -0.15) is 0 Å². The van der Waals surface area contributed by atoms with Crippen molar-refractivity contribution in [3.05, 3.63) is 42.3 Å². The topological polar surface area (TPSA) is 4.93 Å². The normalized spacial score (nSPS) is 10.8. The summed E-state index contributed by atoms with van der Waals surface area (Å²) in [5.74, 6) is 0. The molecule has 12 heavy (non-hydrogen) atoms. The van der Waals surface area contributed by atoms with Gasteiger partial charge in [-0.3, -0.25) is 0 Å². The molecule has 0 spiro atoms. The molecule has 1 heteroatoms. The van der Waals surface area contributed by atoms with E-state index in [0.29, 0.717) is 0 Å². The van der Waals surface area contributed by atoms with E-state index in [0.717, 1.165) is 6.54 Å². The molecule has 1 heterocycles. The van der Waals surface area contributed by atoms with E-state index in [1.54, 1.807) is 6.08 Å². The van der Waals surface area contributed by atoms with Crippen molar-refractivity contribution in [1.82, 2.24) is 4.57 Å². The summed E-state index contributed by atoms with van der Waals surface area (Å²) in [7, 11) is 0. The van der Waals surface area contributed by atoms with Crippen LogP contribution in [0.25, 0.3) is 6.08 Å². The van der Waals surface area contributed by atoms with Crippen molar-refractivity contribution in [2.45, 2.75) is 20.4 Å². The lowest BCUT2D eigenvalue weighted by Gasteiger charge is -2.01. The Morgan fingerprint density at radius 3 is 2.92 bits per heavy atom. The summed E-state index contributed by atoms with van der Waals surface area (Å²) in [6.45, 7) is 8.93. The summed E-state index contributed by atoms with van der Waals surface area (Å²) in [6, 6.07) is 2.13. The summed E-state index contributed by atoms with van der Waals surface area (Å²) in [6.07, 6.45) is 7.96. The van der Waals surface area contributed by atoms with Gasteiger partial charge in [-0.1, -0.05) is 18.7 Å². The molecule has 1 rings (SSSR count). The second-order valence-corrected chi connectivity index (χ2v) is 2.76. The lowest BCUT2D eigenvalue weighted by molar-refractivity contribution is 0.760. The molecule has 64 valence electrons. The van der Waals surface area contributed by atoms with Crippen molar-refractivity contribution < 1.29 is 0 Å². The van der Waals surface area contributed by atoms with Crippen molar-refractivity contribution in [1.29, 1.82) is 0 Å². The molecule has 0 aromatic carbocycles. The van der Waals surface area contributed by atoms with Crippen molar-refractivity contribution in [2.24, 2.45) is 0 Å². The Kier molecular flexibility index (Phi) is 2.92. The molecule has 0 radical (unpaired) electrons. The first-order chi connectivity index (χ1) is 5.79. The largest absolute Gasteiger partial charge is 0.348 e. The third kappa shape index (κ3) is 1.67. The zero-order chi connectivity index (χ0) is 8.97. The highest BCUT2D eigenvalue weighted by Gasteiger charge is 1.98. The highest BCUT2D eigenvalue weighted by molar-refractivity contribution is 5.51. The number of hydrogen-bond donors (Lipinski definition) is 0. The molecule has 0 atom stereocenters. The molecule has 0 aliphatic heterocycles. The van der Waals surface area contributed by atoms with Crippen LogP contribution in [0.3, 0.4) is 0 Å². The van der Waals surface area contributed by atoms with Crippen LogP contribution in [0.2, 0.25) is 0 Å². The predicted octanol–water partition coefficient (Wildman–Crippen LogP) is 3.02. The Morgan fingerprint density at radius 2 is 2.33 bits per heavy atom. The van der Waals surface area contributed by atoms with E-state index >= 15 is 0 Å². The quantitative estimate of drug-likeness (QED) is 0.600. The Bertz CT molecular complexity index is 292. The average Bonchev–Trinajstić information content (AvgIpc) is 2.43. The van der Waals surface area contributed by atoms with Crippen LogP contribution in [0, 0.1) is 6.92 Å². The van der Waals surface area contributed by atoms with Crippen LogP contribution in [-0.4, -0.2) is 4.57 Å². The van der Waals surface area contributed by atoms with Crippen LogP contribution in [-0.2, 0) is 6.54 Å². The SMILES string of the molecule is C=C/C=C\c1c(C)ccn1CC. The molecular formula is C11H15N. The molecule has 0 bridgehead atoms. The number of allylic oxidation sites excluding steroid dienone is 2. The standard InChI is InChI=1S/C11H15N/c1-4-6-7-11-10(3)8-9-12(11)5-2/h4,6-9H,1,5H2,2-3H3/b7-6-. The van der Waals surface area contributed by atoms with Crippen molar-refractivity contribution in [3.63, 3.8) is 0 Å². The zero-order valence-electron chi connectivity index (χ0n) is 7.75. The van der Waals surface area contributed by atoms with Gasteiger partial charge in [-0.25, -0.2) is 0 Å². The number of aromatic nitrogens is 1. The molecule has 1 aromatic rings. The highest BCUT2D eigenvalue weighted by atomic mass is 15.0. The van der Waals surface area contributed by atoms with E-state index in [2.05, 4.69) is 43.3 Å². The molecule has 1 nitrogen and oxygen atoms in total. The Labute approximate surface area is 74.0 Å². The zero-order valence-corrected chi connectivity index (χ0v) is 7.75. The van der Waals surface area contributed by atoms with E-state index in [1.807, 2.05) is 6.08 Å². The van der Waals surface area contributed by atoms with E-state index in [4.69, 9.17) is 0 Å². The average molecular weight is 161 g/mol. The fourth-order valence-corrected chi connectivity index (χ4v) is 1.26. The molecule has 0 unspecified atom stereocenters. The van der Waals surface area contributed by atoms with Gasteiger partial charge in [-0.05, 0) is 31.6 Å². The Balaban J connectivity index is 3.01. The van der Waals surface area contributed by atoms with Crippen LogP contribution in [0.5, 0.6) is 0 Å². The highest BCUT2D eigenvalue weighted by Crippen LogP contribution is 2.11. The number of hydrogen-bond acceptors (Lipinski definition) is 0. The summed E-state index contributed by atoms with van der Waals surface area (Å²) in [4.78, 5) is 0. The van der Waals surface area contributed by atoms with Gasteiger partial charge in [0.05, 0.1) is 0 Å². The minimum Gasteiger partial charge on any atom is -0.348 e. The first kappa shape index (κ1) is 8.85. The molecule has 0 amide bonds. The maximum atomic E-state index is 3.65. The van der Waals surface area contributed by atoms with Gasteiger partial charge in [-0.15, -0.1) is 0 Å².